The summed E-state index contributed by atoms with van der Waals surface area (Å²) in [6, 6.07) is 1.65. The Bertz CT molecular complexity index is 539. The molecule has 1 aliphatic heterocycles. The number of pyridine rings is 1. The third kappa shape index (κ3) is 3.28. The van der Waals surface area contributed by atoms with Gasteiger partial charge in [-0.1, -0.05) is 6.92 Å². The van der Waals surface area contributed by atoms with E-state index in [-0.39, 0.29) is 4.90 Å². The minimum Gasteiger partial charge on any atom is -0.384 e. The molecule has 0 spiro atoms. The molecular weight excluding hydrogens is 276 g/mol. The fraction of sp³-hybridized carbons (Fsp3) is 0.615. The Morgan fingerprint density at radius 2 is 1.90 bits per heavy atom. The molecule has 1 aromatic rings. The van der Waals surface area contributed by atoms with Gasteiger partial charge in [0.2, 0.25) is 10.0 Å². The standard InChI is InChI=1S/C13H22N4O2S/c1-3-15-12-9-13(11-14-10-12)20(18,19)17-7-5-16(4-2)6-8-17/h9-11,15H,3-8H2,1-2H3. The lowest BCUT2D eigenvalue weighted by Gasteiger charge is -2.33. The molecule has 0 aromatic carbocycles. The van der Waals surface area contributed by atoms with E-state index in [1.54, 1.807) is 16.6 Å². The zero-order chi connectivity index (χ0) is 14.6. The second kappa shape index (κ2) is 6.51. The van der Waals surface area contributed by atoms with Crippen molar-refractivity contribution in [3.63, 3.8) is 0 Å². The summed E-state index contributed by atoms with van der Waals surface area (Å²) < 4.78 is 26.7. The predicted molar refractivity (Wildman–Crippen MR) is 79.3 cm³/mol. The van der Waals surface area contributed by atoms with Crippen LogP contribution in [0.25, 0.3) is 0 Å². The number of likely N-dealkylation sites (N-methyl/N-ethyl adjacent to an activating group) is 1. The molecule has 1 aliphatic rings. The van der Waals surface area contributed by atoms with E-state index in [9.17, 15) is 8.42 Å². The van der Waals surface area contributed by atoms with Crippen molar-refractivity contribution in [2.24, 2.45) is 0 Å². The maximum Gasteiger partial charge on any atom is 0.244 e. The molecule has 1 N–H and O–H groups in total. The van der Waals surface area contributed by atoms with Crippen LogP contribution in [0, 0.1) is 0 Å². The predicted octanol–water partition coefficient (Wildman–Crippen LogP) is 0.840. The van der Waals surface area contributed by atoms with E-state index in [0.29, 0.717) is 13.1 Å². The molecule has 1 fully saturated rings. The summed E-state index contributed by atoms with van der Waals surface area (Å²) in [6.45, 7) is 8.42. The summed E-state index contributed by atoms with van der Waals surface area (Å²) >= 11 is 0. The molecule has 112 valence electrons. The Hall–Kier alpha value is -1.18. The number of aromatic nitrogens is 1. The summed E-state index contributed by atoms with van der Waals surface area (Å²) in [7, 11) is -3.43. The van der Waals surface area contributed by atoms with E-state index in [0.717, 1.165) is 31.9 Å². The van der Waals surface area contributed by atoms with Gasteiger partial charge in [0.1, 0.15) is 4.90 Å². The van der Waals surface area contributed by atoms with Crippen LogP contribution in [0.5, 0.6) is 0 Å². The van der Waals surface area contributed by atoms with Crippen LogP contribution in [0.1, 0.15) is 13.8 Å². The Morgan fingerprint density at radius 3 is 2.50 bits per heavy atom. The average molecular weight is 298 g/mol. The normalized spacial score (nSPS) is 18.1. The van der Waals surface area contributed by atoms with Crippen LogP contribution in [0.3, 0.4) is 0 Å². The SMILES string of the molecule is CCNc1cncc(S(=O)(=O)N2CCN(CC)CC2)c1. The van der Waals surface area contributed by atoms with Crippen LogP contribution < -0.4 is 5.32 Å². The van der Waals surface area contributed by atoms with E-state index >= 15 is 0 Å². The topological polar surface area (TPSA) is 65.5 Å². The van der Waals surface area contributed by atoms with Crippen molar-refractivity contribution in [2.75, 3.05) is 44.6 Å². The van der Waals surface area contributed by atoms with Crippen molar-refractivity contribution < 1.29 is 8.42 Å². The largest absolute Gasteiger partial charge is 0.384 e. The van der Waals surface area contributed by atoms with Crippen molar-refractivity contribution in [1.29, 1.82) is 0 Å². The highest BCUT2D eigenvalue weighted by Crippen LogP contribution is 2.19. The van der Waals surface area contributed by atoms with Gasteiger partial charge in [-0.25, -0.2) is 8.42 Å². The number of nitrogens with one attached hydrogen (secondary N) is 1. The molecule has 0 unspecified atom stereocenters. The maximum absolute atomic E-state index is 12.6. The highest BCUT2D eigenvalue weighted by molar-refractivity contribution is 7.89. The summed E-state index contributed by atoms with van der Waals surface area (Å²) in [5, 5.41) is 3.09. The smallest absolute Gasteiger partial charge is 0.244 e. The molecule has 0 aliphatic carbocycles. The second-order valence-corrected chi connectivity index (χ2v) is 6.72. The van der Waals surface area contributed by atoms with Crippen molar-refractivity contribution in [3.8, 4) is 0 Å². The van der Waals surface area contributed by atoms with Crippen LogP contribution in [0.2, 0.25) is 0 Å². The van der Waals surface area contributed by atoms with E-state index in [1.807, 2.05) is 6.92 Å². The van der Waals surface area contributed by atoms with Crippen LogP contribution >= 0.6 is 0 Å². The van der Waals surface area contributed by atoms with Crippen LogP contribution in [0.15, 0.2) is 23.4 Å². The van der Waals surface area contributed by atoms with Gasteiger partial charge < -0.3 is 10.2 Å². The van der Waals surface area contributed by atoms with Gasteiger partial charge in [-0.3, -0.25) is 4.98 Å². The average Bonchev–Trinajstić information content (AvgIpc) is 2.48. The van der Waals surface area contributed by atoms with Crippen molar-refractivity contribution in [2.45, 2.75) is 18.7 Å². The first-order valence-corrected chi connectivity index (χ1v) is 8.43. The van der Waals surface area contributed by atoms with E-state index < -0.39 is 10.0 Å². The summed E-state index contributed by atoms with van der Waals surface area (Å²) in [4.78, 5) is 6.53. The first-order valence-electron chi connectivity index (χ1n) is 6.99. The lowest BCUT2D eigenvalue weighted by Crippen LogP contribution is -2.48. The molecule has 0 bridgehead atoms. The van der Waals surface area contributed by atoms with Crippen molar-refractivity contribution >= 4 is 15.7 Å². The van der Waals surface area contributed by atoms with Gasteiger partial charge in [0.05, 0.1) is 11.9 Å². The molecule has 2 rings (SSSR count). The highest BCUT2D eigenvalue weighted by atomic mass is 32.2. The molecule has 20 heavy (non-hydrogen) atoms. The number of rotatable bonds is 5. The fourth-order valence-corrected chi connectivity index (χ4v) is 3.71. The summed E-state index contributed by atoms with van der Waals surface area (Å²) in [6.07, 6.45) is 3.06. The van der Waals surface area contributed by atoms with Crippen LogP contribution in [-0.2, 0) is 10.0 Å². The van der Waals surface area contributed by atoms with Gasteiger partial charge in [0, 0.05) is 38.9 Å². The second-order valence-electron chi connectivity index (χ2n) is 4.78. The number of hydrogen-bond acceptors (Lipinski definition) is 5. The highest BCUT2D eigenvalue weighted by Gasteiger charge is 2.28. The van der Waals surface area contributed by atoms with Crippen LogP contribution in [0.4, 0.5) is 5.69 Å². The number of hydrogen-bond donors (Lipinski definition) is 1. The van der Waals surface area contributed by atoms with Crippen LogP contribution in [-0.4, -0.2) is 61.9 Å². The van der Waals surface area contributed by atoms with E-state index in [2.05, 4.69) is 22.1 Å². The number of sulfonamides is 1. The molecule has 0 amide bonds. The number of piperazine rings is 1. The fourth-order valence-electron chi connectivity index (χ4n) is 2.30. The van der Waals surface area contributed by atoms with Gasteiger partial charge in [-0.05, 0) is 19.5 Å². The molecule has 1 saturated heterocycles. The van der Waals surface area contributed by atoms with E-state index in [4.69, 9.17) is 0 Å². The Balaban J connectivity index is 2.16. The summed E-state index contributed by atoms with van der Waals surface area (Å²) in [5.74, 6) is 0. The molecule has 0 saturated carbocycles. The van der Waals surface area contributed by atoms with Gasteiger partial charge in [0.25, 0.3) is 0 Å². The number of anilines is 1. The molecular formula is C13H22N4O2S. The molecule has 0 radical (unpaired) electrons. The first kappa shape index (κ1) is 15.2. The molecule has 6 nitrogen and oxygen atoms in total. The van der Waals surface area contributed by atoms with Crippen molar-refractivity contribution in [1.82, 2.24) is 14.2 Å². The van der Waals surface area contributed by atoms with Gasteiger partial charge >= 0.3 is 0 Å². The third-order valence-corrected chi connectivity index (χ3v) is 5.37. The monoisotopic (exact) mass is 298 g/mol. The Kier molecular flexibility index (Phi) is 4.95. The zero-order valence-electron chi connectivity index (χ0n) is 12.0. The summed E-state index contributed by atoms with van der Waals surface area (Å²) in [5.41, 5.74) is 0.737. The minimum absolute atomic E-state index is 0.265. The lowest BCUT2D eigenvalue weighted by atomic mass is 10.4. The van der Waals surface area contributed by atoms with Gasteiger partial charge in [-0.15, -0.1) is 0 Å². The molecule has 7 heteroatoms. The van der Waals surface area contributed by atoms with E-state index in [1.165, 1.54) is 6.20 Å². The molecule has 1 aromatic heterocycles. The Morgan fingerprint density at radius 1 is 1.20 bits per heavy atom. The maximum atomic E-state index is 12.6. The van der Waals surface area contributed by atoms with Crippen molar-refractivity contribution in [3.05, 3.63) is 18.5 Å². The molecule has 2 heterocycles. The minimum atomic E-state index is -3.43. The first-order chi connectivity index (χ1) is 9.57. The molecule has 0 atom stereocenters. The third-order valence-electron chi connectivity index (χ3n) is 3.51. The zero-order valence-corrected chi connectivity index (χ0v) is 12.9. The lowest BCUT2D eigenvalue weighted by molar-refractivity contribution is 0.196. The van der Waals surface area contributed by atoms with Gasteiger partial charge in [0.15, 0.2) is 0 Å². The quantitative estimate of drug-likeness (QED) is 0.872. The number of nitrogens with zero attached hydrogens (tertiary/aromatic N) is 3. The Labute approximate surface area is 120 Å². The van der Waals surface area contributed by atoms with Gasteiger partial charge in [-0.2, -0.15) is 4.31 Å².